The zero-order valence-electron chi connectivity index (χ0n) is 9.22. The molecule has 1 fully saturated rings. The second-order valence-electron chi connectivity index (χ2n) is 4.22. The van der Waals surface area contributed by atoms with Gasteiger partial charge in [-0.15, -0.1) is 0 Å². The lowest BCUT2D eigenvalue weighted by molar-refractivity contribution is -0.0456. The van der Waals surface area contributed by atoms with Gasteiger partial charge in [0.1, 0.15) is 6.23 Å². The molecule has 2 amide bonds. The van der Waals surface area contributed by atoms with Crippen molar-refractivity contribution in [2.75, 3.05) is 6.61 Å². The van der Waals surface area contributed by atoms with Crippen LogP contribution in [0.5, 0.6) is 0 Å². The first kappa shape index (κ1) is 11.2. The lowest BCUT2D eigenvalue weighted by Gasteiger charge is -2.30. The van der Waals surface area contributed by atoms with E-state index in [0.29, 0.717) is 5.70 Å². The molecule has 2 aliphatic heterocycles. The number of nitrogens with zero attached hydrogens (tertiary/aromatic N) is 1. The minimum absolute atomic E-state index is 0.00722. The van der Waals surface area contributed by atoms with E-state index in [9.17, 15) is 4.79 Å². The highest BCUT2D eigenvalue weighted by Crippen LogP contribution is 2.29. The Morgan fingerprint density at radius 2 is 2.50 bits per heavy atom. The number of carbonyl (C=O) groups is 1. The standard InChI is InChI=1S/C11H16N2O3/c1-7-5-9(6-14)16-10(7)13-4-3-8(2)12-11(13)15/h3-4,7,9-10,14H,2,5-6H2,1H3,(H,12,15)/t7-,9-,10+/m0/s1. The molecule has 2 N–H and O–H groups in total. The van der Waals surface area contributed by atoms with Crippen molar-refractivity contribution in [1.29, 1.82) is 0 Å². The molecule has 0 unspecified atom stereocenters. The van der Waals surface area contributed by atoms with Gasteiger partial charge in [-0.2, -0.15) is 0 Å². The van der Waals surface area contributed by atoms with Gasteiger partial charge < -0.3 is 15.2 Å². The molecule has 3 atom stereocenters. The van der Waals surface area contributed by atoms with Crippen molar-refractivity contribution in [1.82, 2.24) is 10.2 Å². The maximum Gasteiger partial charge on any atom is 0.327 e. The summed E-state index contributed by atoms with van der Waals surface area (Å²) in [6.07, 6.45) is 3.68. The molecule has 0 aromatic heterocycles. The van der Waals surface area contributed by atoms with Gasteiger partial charge in [0.05, 0.1) is 12.7 Å². The van der Waals surface area contributed by atoms with Crippen LogP contribution in [0.2, 0.25) is 0 Å². The molecular weight excluding hydrogens is 208 g/mol. The Morgan fingerprint density at radius 1 is 1.75 bits per heavy atom. The number of allylic oxidation sites excluding steroid dienone is 1. The van der Waals surface area contributed by atoms with Crippen LogP contribution in [-0.4, -0.2) is 35.0 Å². The molecule has 0 radical (unpaired) electrons. The van der Waals surface area contributed by atoms with Gasteiger partial charge in [-0.1, -0.05) is 13.5 Å². The number of rotatable bonds is 2. The fourth-order valence-electron chi connectivity index (χ4n) is 2.06. The van der Waals surface area contributed by atoms with E-state index in [-0.39, 0.29) is 30.9 Å². The SMILES string of the molecule is C=C1C=CN([C@@H]2O[C@H](CO)C[C@@H]2C)C(=O)N1. The molecule has 0 spiro atoms. The van der Waals surface area contributed by atoms with Gasteiger partial charge in [-0.3, -0.25) is 4.90 Å². The Kier molecular flexibility index (Phi) is 2.98. The number of nitrogens with one attached hydrogen (secondary N) is 1. The van der Waals surface area contributed by atoms with Crippen LogP contribution < -0.4 is 5.32 Å². The first-order valence-corrected chi connectivity index (χ1v) is 5.34. The van der Waals surface area contributed by atoms with Crippen LogP contribution in [0.4, 0.5) is 4.79 Å². The van der Waals surface area contributed by atoms with E-state index in [1.165, 1.54) is 4.90 Å². The van der Waals surface area contributed by atoms with Crippen LogP contribution in [0, 0.1) is 5.92 Å². The molecule has 0 aliphatic carbocycles. The third-order valence-corrected chi connectivity index (χ3v) is 2.87. The molecule has 5 nitrogen and oxygen atoms in total. The van der Waals surface area contributed by atoms with E-state index in [1.54, 1.807) is 12.3 Å². The minimum Gasteiger partial charge on any atom is -0.394 e. The van der Waals surface area contributed by atoms with Gasteiger partial charge in [0, 0.05) is 17.8 Å². The van der Waals surface area contributed by atoms with Crippen molar-refractivity contribution in [3.05, 3.63) is 24.6 Å². The number of ether oxygens (including phenoxy) is 1. The first-order chi connectivity index (χ1) is 7.61. The molecule has 0 saturated carbocycles. The summed E-state index contributed by atoms with van der Waals surface area (Å²) in [6.45, 7) is 5.65. The zero-order chi connectivity index (χ0) is 11.7. The van der Waals surface area contributed by atoms with Crippen LogP contribution in [-0.2, 0) is 4.74 Å². The van der Waals surface area contributed by atoms with Crippen molar-refractivity contribution in [2.24, 2.45) is 5.92 Å². The second kappa shape index (κ2) is 4.27. The van der Waals surface area contributed by atoms with Gasteiger partial charge in [0.15, 0.2) is 0 Å². The van der Waals surface area contributed by atoms with Crippen molar-refractivity contribution in [2.45, 2.75) is 25.7 Å². The topological polar surface area (TPSA) is 61.8 Å². The number of urea groups is 1. The third kappa shape index (κ3) is 1.96. The van der Waals surface area contributed by atoms with Crippen molar-refractivity contribution in [3.63, 3.8) is 0 Å². The van der Waals surface area contributed by atoms with E-state index in [2.05, 4.69) is 11.9 Å². The highest BCUT2D eigenvalue weighted by atomic mass is 16.5. The van der Waals surface area contributed by atoms with Gasteiger partial charge in [-0.05, 0) is 12.5 Å². The molecule has 1 saturated heterocycles. The Labute approximate surface area is 94.4 Å². The normalized spacial score (nSPS) is 34.4. The fraction of sp³-hybridized carbons (Fsp3) is 0.545. The van der Waals surface area contributed by atoms with E-state index < -0.39 is 0 Å². The number of carbonyl (C=O) groups excluding carboxylic acids is 1. The largest absolute Gasteiger partial charge is 0.394 e. The summed E-state index contributed by atoms with van der Waals surface area (Å²) in [7, 11) is 0. The summed E-state index contributed by atoms with van der Waals surface area (Å²) in [5.74, 6) is 0.207. The summed E-state index contributed by atoms with van der Waals surface area (Å²) in [4.78, 5) is 13.2. The fourth-order valence-corrected chi connectivity index (χ4v) is 2.06. The van der Waals surface area contributed by atoms with E-state index >= 15 is 0 Å². The van der Waals surface area contributed by atoms with Crippen molar-refractivity contribution < 1.29 is 14.6 Å². The first-order valence-electron chi connectivity index (χ1n) is 5.34. The monoisotopic (exact) mass is 224 g/mol. The quantitative estimate of drug-likeness (QED) is 0.728. The van der Waals surface area contributed by atoms with E-state index in [1.807, 2.05) is 6.92 Å². The summed E-state index contributed by atoms with van der Waals surface area (Å²) in [5, 5.41) is 11.7. The summed E-state index contributed by atoms with van der Waals surface area (Å²) >= 11 is 0. The second-order valence-corrected chi connectivity index (χ2v) is 4.22. The van der Waals surface area contributed by atoms with Crippen molar-refractivity contribution in [3.8, 4) is 0 Å². The lowest BCUT2D eigenvalue weighted by Crippen LogP contribution is -2.46. The zero-order valence-corrected chi connectivity index (χ0v) is 9.22. The number of aliphatic hydroxyl groups is 1. The maximum absolute atomic E-state index is 11.7. The molecule has 0 aromatic rings. The van der Waals surface area contributed by atoms with E-state index in [4.69, 9.17) is 9.84 Å². The number of hydrogen-bond acceptors (Lipinski definition) is 3. The Bertz CT molecular complexity index is 340. The summed E-state index contributed by atoms with van der Waals surface area (Å²) in [5.41, 5.74) is 0.575. The highest BCUT2D eigenvalue weighted by Gasteiger charge is 2.38. The number of aliphatic hydroxyl groups excluding tert-OH is 1. The average Bonchev–Trinajstić information content (AvgIpc) is 2.60. The third-order valence-electron chi connectivity index (χ3n) is 2.87. The van der Waals surface area contributed by atoms with Crippen LogP contribution in [0.3, 0.4) is 0 Å². The molecule has 88 valence electrons. The van der Waals surface area contributed by atoms with Gasteiger partial charge in [0.2, 0.25) is 0 Å². The molecule has 2 heterocycles. The van der Waals surface area contributed by atoms with Crippen LogP contribution in [0.25, 0.3) is 0 Å². The lowest BCUT2D eigenvalue weighted by atomic mass is 10.1. The smallest absolute Gasteiger partial charge is 0.327 e. The highest BCUT2D eigenvalue weighted by molar-refractivity contribution is 5.79. The summed E-state index contributed by atoms with van der Waals surface area (Å²) in [6, 6.07) is -0.233. The van der Waals surface area contributed by atoms with Crippen LogP contribution in [0.1, 0.15) is 13.3 Å². The average molecular weight is 224 g/mol. The Hall–Kier alpha value is -1.33. The Balaban J connectivity index is 2.10. The van der Waals surface area contributed by atoms with Crippen LogP contribution >= 0.6 is 0 Å². The molecule has 16 heavy (non-hydrogen) atoms. The van der Waals surface area contributed by atoms with Crippen LogP contribution in [0.15, 0.2) is 24.6 Å². The Morgan fingerprint density at radius 3 is 3.06 bits per heavy atom. The minimum atomic E-state index is -0.304. The van der Waals surface area contributed by atoms with Gasteiger partial charge in [0.25, 0.3) is 0 Å². The summed E-state index contributed by atoms with van der Waals surface area (Å²) < 4.78 is 5.60. The molecule has 5 heteroatoms. The predicted molar refractivity (Wildman–Crippen MR) is 58.2 cm³/mol. The molecule has 0 aromatic carbocycles. The predicted octanol–water partition coefficient (Wildman–Crippen LogP) is 0.782. The molecule has 0 bridgehead atoms. The maximum atomic E-state index is 11.7. The number of amides is 2. The van der Waals surface area contributed by atoms with Gasteiger partial charge in [-0.25, -0.2) is 4.79 Å². The van der Waals surface area contributed by atoms with Gasteiger partial charge >= 0.3 is 6.03 Å². The number of hydrogen-bond donors (Lipinski definition) is 2. The molecule has 2 rings (SSSR count). The molecular formula is C11H16N2O3. The van der Waals surface area contributed by atoms with E-state index in [0.717, 1.165) is 6.42 Å². The molecule has 2 aliphatic rings. The van der Waals surface area contributed by atoms with Crippen molar-refractivity contribution >= 4 is 6.03 Å².